The first kappa shape index (κ1) is 19.7. The lowest BCUT2D eigenvalue weighted by molar-refractivity contribution is -0.114. The Hall–Kier alpha value is -4.07. The molecule has 8 nitrogen and oxygen atoms in total. The van der Waals surface area contributed by atoms with E-state index >= 15 is 0 Å². The highest BCUT2D eigenvalue weighted by Crippen LogP contribution is 2.17. The number of rotatable bonds is 6. The molecule has 1 aromatic heterocycles. The fraction of sp³-hybridized carbons (Fsp3) is 0.0952. The molecular formula is C21H19N5O3. The minimum absolute atomic E-state index is 0.00328. The largest absolute Gasteiger partial charge is 0.339 e. The van der Waals surface area contributed by atoms with Crippen molar-refractivity contribution in [2.24, 2.45) is 0 Å². The van der Waals surface area contributed by atoms with Crippen LogP contribution in [0.2, 0.25) is 0 Å². The van der Waals surface area contributed by atoms with Crippen molar-refractivity contribution in [2.45, 2.75) is 13.8 Å². The third kappa shape index (κ3) is 5.46. The highest BCUT2D eigenvalue weighted by Gasteiger charge is 2.09. The maximum absolute atomic E-state index is 12.3. The van der Waals surface area contributed by atoms with Crippen molar-refractivity contribution in [2.75, 3.05) is 16.0 Å². The Morgan fingerprint density at radius 2 is 1.28 bits per heavy atom. The van der Waals surface area contributed by atoms with E-state index < -0.39 is 5.91 Å². The minimum atomic E-state index is -0.401. The van der Waals surface area contributed by atoms with E-state index in [4.69, 9.17) is 0 Å². The molecular weight excluding hydrogens is 370 g/mol. The van der Waals surface area contributed by atoms with Crippen molar-refractivity contribution in [1.82, 2.24) is 10.2 Å². The van der Waals surface area contributed by atoms with Crippen molar-refractivity contribution >= 4 is 40.5 Å². The van der Waals surface area contributed by atoms with Crippen LogP contribution in [0.5, 0.6) is 0 Å². The summed E-state index contributed by atoms with van der Waals surface area (Å²) in [5.41, 5.74) is 2.74. The summed E-state index contributed by atoms with van der Waals surface area (Å²) < 4.78 is 0. The Labute approximate surface area is 167 Å². The predicted octanol–water partition coefficient (Wildman–Crippen LogP) is 3.63. The van der Waals surface area contributed by atoms with Crippen LogP contribution in [-0.2, 0) is 4.79 Å². The molecule has 0 unspecified atom stereocenters. The van der Waals surface area contributed by atoms with E-state index in [1.807, 2.05) is 0 Å². The molecule has 29 heavy (non-hydrogen) atoms. The molecule has 0 aliphatic carbocycles. The van der Waals surface area contributed by atoms with Gasteiger partial charge >= 0.3 is 0 Å². The molecule has 0 saturated carbocycles. The summed E-state index contributed by atoms with van der Waals surface area (Å²) >= 11 is 0. The molecule has 1 heterocycles. The number of ketones is 1. The first-order valence-electron chi connectivity index (χ1n) is 8.81. The molecule has 2 amide bonds. The van der Waals surface area contributed by atoms with E-state index in [2.05, 4.69) is 26.1 Å². The molecule has 0 aliphatic rings. The summed E-state index contributed by atoms with van der Waals surface area (Å²) in [4.78, 5) is 34.7. The number of carbonyl (C=O) groups excluding carboxylic acids is 3. The molecule has 3 N–H and O–H groups in total. The second-order valence-corrected chi connectivity index (χ2v) is 6.28. The second kappa shape index (κ2) is 8.75. The molecule has 3 rings (SSSR count). The van der Waals surface area contributed by atoms with Gasteiger partial charge < -0.3 is 16.0 Å². The van der Waals surface area contributed by atoms with Crippen molar-refractivity contribution in [3.8, 4) is 0 Å². The topological polar surface area (TPSA) is 113 Å². The lowest BCUT2D eigenvalue weighted by atomic mass is 10.1. The number of aromatic nitrogens is 2. The molecule has 0 saturated heterocycles. The van der Waals surface area contributed by atoms with Gasteiger partial charge in [0, 0.05) is 29.5 Å². The van der Waals surface area contributed by atoms with E-state index in [-0.39, 0.29) is 17.4 Å². The highest BCUT2D eigenvalue weighted by molar-refractivity contribution is 6.03. The third-order valence-corrected chi connectivity index (χ3v) is 3.92. The molecule has 146 valence electrons. The van der Waals surface area contributed by atoms with Crippen molar-refractivity contribution in [1.29, 1.82) is 0 Å². The summed E-state index contributed by atoms with van der Waals surface area (Å²) in [6.07, 6.45) is 0. The number of hydrogen-bond donors (Lipinski definition) is 3. The number of carbonyl (C=O) groups is 3. The van der Waals surface area contributed by atoms with Gasteiger partial charge in [-0.2, -0.15) is 0 Å². The molecule has 0 atom stereocenters. The Bertz CT molecular complexity index is 1030. The first-order chi connectivity index (χ1) is 13.9. The van der Waals surface area contributed by atoms with E-state index in [1.54, 1.807) is 60.7 Å². The molecule has 0 aliphatic heterocycles. The Balaban J connectivity index is 1.61. The zero-order chi connectivity index (χ0) is 20.8. The number of anilines is 4. The molecule has 0 spiro atoms. The third-order valence-electron chi connectivity index (χ3n) is 3.92. The van der Waals surface area contributed by atoms with Crippen LogP contribution in [0.4, 0.5) is 22.9 Å². The Kier molecular flexibility index (Phi) is 5.94. The lowest BCUT2D eigenvalue weighted by Crippen LogP contribution is -2.14. The summed E-state index contributed by atoms with van der Waals surface area (Å²) in [7, 11) is 0. The van der Waals surface area contributed by atoms with Gasteiger partial charge in [-0.3, -0.25) is 14.4 Å². The van der Waals surface area contributed by atoms with Crippen LogP contribution < -0.4 is 16.0 Å². The number of nitrogens with zero attached hydrogens (tertiary/aromatic N) is 2. The Morgan fingerprint density at radius 3 is 1.79 bits per heavy atom. The fourth-order valence-electron chi connectivity index (χ4n) is 2.49. The van der Waals surface area contributed by atoms with E-state index in [1.165, 1.54) is 13.8 Å². The number of Topliss-reactive ketones (excluding diaryl/α,β-unsaturated/α-hetero) is 1. The van der Waals surface area contributed by atoms with Crippen LogP contribution in [0.15, 0.2) is 60.7 Å². The minimum Gasteiger partial charge on any atom is -0.339 e. The fourth-order valence-corrected chi connectivity index (χ4v) is 2.49. The van der Waals surface area contributed by atoms with Crippen LogP contribution in [0.25, 0.3) is 0 Å². The monoisotopic (exact) mass is 389 g/mol. The number of hydrogen-bond acceptors (Lipinski definition) is 6. The molecule has 0 fully saturated rings. The molecule has 0 bridgehead atoms. The number of amides is 2. The van der Waals surface area contributed by atoms with Gasteiger partial charge in [-0.25, -0.2) is 0 Å². The molecule has 3 aromatic rings. The van der Waals surface area contributed by atoms with Crippen LogP contribution >= 0.6 is 0 Å². The SMILES string of the molecule is CC(=O)Nc1ccc(NC(=O)c2ccc(Nc3ccc(C(C)=O)cc3)nn2)cc1. The van der Waals surface area contributed by atoms with Gasteiger partial charge in [-0.15, -0.1) is 10.2 Å². The van der Waals surface area contributed by atoms with Crippen LogP contribution in [0, 0.1) is 0 Å². The average molecular weight is 389 g/mol. The van der Waals surface area contributed by atoms with E-state index in [0.717, 1.165) is 5.69 Å². The van der Waals surface area contributed by atoms with Gasteiger partial charge in [0.2, 0.25) is 5.91 Å². The zero-order valence-electron chi connectivity index (χ0n) is 15.9. The quantitative estimate of drug-likeness (QED) is 0.555. The highest BCUT2D eigenvalue weighted by atomic mass is 16.2. The summed E-state index contributed by atoms with van der Waals surface area (Å²) in [6, 6.07) is 16.9. The number of nitrogens with one attached hydrogen (secondary N) is 3. The van der Waals surface area contributed by atoms with Gasteiger partial charge in [0.15, 0.2) is 17.3 Å². The Morgan fingerprint density at radius 1 is 0.690 bits per heavy atom. The lowest BCUT2D eigenvalue weighted by Gasteiger charge is -2.08. The van der Waals surface area contributed by atoms with Gasteiger partial charge in [0.1, 0.15) is 0 Å². The first-order valence-corrected chi connectivity index (χ1v) is 8.81. The maximum atomic E-state index is 12.3. The van der Waals surface area contributed by atoms with Crippen LogP contribution in [0.3, 0.4) is 0 Å². The standard InChI is InChI=1S/C21H19N5O3/c1-13(27)15-3-5-17(6-4-15)23-20-12-11-19(25-26-20)21(29)24-18-9-7-16(8-10-18)22-14(2)28/h3-12H,1-2H3,(H,22,28)(H,23,26)(H,24,29). The molecule has 8 heteroatoms. The summed E-state index contributed by atoms with van der Waals surface area (Å²) in [5.74, 6) is -0.101. The normalized spacial score (nSPS) is 10.1. The molecule has 2 aromatic carbocycles. The van der Waals surface area contributed by atoms with Gasteiger partial charge in [-0.1, -0.05) is 0 Å². The van der Waals surface area contributed by atoms with Crippen molar-refractivity contribution in [3.63, 3.8) is 0 Å². The zero-order valence-corrected chi connectivity index (χ0v) is 15.9. The summed E-state index contributed by atoms with van der Waals surface area (Å²) in [5, 5.41) is 16.4. The van der Waals surface area contributed by atoms with E-state index in [9.17, 15) is 14.4 Å². The number of benzene rings is 2. The van der Waals surface area contributed by atoms with Crippen molar-refractivity contribution < 1.29 is 14.4 Å². The summed E-state index contributed by atoms with van der Waals surface area (Å²) in [6.45, 7) is 2.93. The smallest absolute Gasteiger partial charge is 0.276 e. The van der Waals surface area contributed by atoms with Crippen LogP contribution in [-0.4, -0.2) is 27.8 Å². The van der Waals surface area contributed by atoms with Gasteiger partial charge in [0.25, 0.3) is 5.91 Å². The predicted molar refractivity (Wildman–Crippen MR) is 110 cm³/mol. The van der Waals surface area contributed by atoms with Crippen LogP contribution in [0.1, 0.15) is 34.7 Å². The average Bonchev–Trinajstić information content (AvgIpc) is 2.70. The van der Waals surface area contributed by atoms with E-state index in [0.29, 0.717) is 22.8 Å². The molecule has 0 radical (unpaired) electrons. The van der Waals surface area contributed by atoms with Gasteiger partial charge in [-0.05, 0) is 67.6 Å². The van der Waals surface area contributed by atoms with Gasteiger partial charge in [0.05, 0.1) is 0 Å². The maximum Gasteiger partial charge on any atom is 0.276 e. The second-order valence-electron chi connectivity index (χ2n) is 6.28. The van der Waals surface area contributed by atoms with Crippen molar-refractivity contribution in [3.05, 3.63) is 71.9 Å².